The van der Waals surface area contributed by atoms with E-state index in [-0.39, 0.29) is 5.91 Å². The van der Waals surface area contributed by atoms with Gasteiger partial charge in [0.2, 0.25) is 0 Å². The Labute approximate surface area is 131 Å². The summed E-state index contributed by atoms with van der Waals surface area (Å²) in [6, 6.07) is 6.46. The highest BCUT2D eigenvalue weighted by Gasteiger charge is 2.38. The Balaban J connectivity index is 1.49. The van der Waals surface area contributed by atoms with Crippen LogP contribution in [0.2, 0.25) is 4.47 Å². The average molecular weight is 320 g/mol. The van der Waals surface area contributed by atoms with Crippen molar-refractivity contribution in [2.75, 3.05) is 5.32 Å². The molecule has 0 radical (unpaired) electrons. The number of carbonyl (C=O) groups is 1. The Hall–Kier alpha value is -1.59. The fraction of sp³-hybridized carbons (Fsp3) is 0.333. The summed E-state index contributed by atoms with van der Waals surface area (Å²) in [6.07, 6.45) is 4.08. The molecule has 1 N–H and O–H groups in total. The van der Waals surface area contributed by atoms with E-state index >= 15 is 0 Å². The lowest BCUT2D eigenvalue weighted by atomic mass is 10.1. The molecule has 1 amide bonds. The third-order valence-electron chi connectivity index (χ3n) is 3.92. The third-order valence-corrected chi connectivity index (χ3v) is 5.03. The minimum Gasteiger partial charge on any atom is -0.380 e. The van der Waals surface area contributed by atoms with E-state index < -0.39 is 0 Å². The van der Waals surface area contributed by atoms with E-state index in [0.717, 1.165) is 41.1 Å². The van der Waals surface area contributed by atoms with Crippen LogP contribution in [0.25, 0.3) is 0 Å². The average Bonchev–Trinajstić information content (AvgIpc) is 3.16. The van der Waals surface area contributed by atoms with Crippen molar-refractivity contribution in [2.24, 2.45) is 0 Å². The Morgan fingerprint density at radius 1 is 1.43 bits per heavy atom. The van der Waals surface area contributed by atoms with Crippen LogP contribution in [-0.4, -0.2) is 21.8 Å². The molecule has 1 fully saturated rings. The number of hydrogen-bond donors (Lipinski definition) is 1. The molecule has 21 heavy (non-hydrogen) atoms. The van der Waals surface area contributed by atoms with Crippen LogP contribution in [0.3, 0.4) is 0 Å². The molecule has 1 saturated carbocycles. The molecule has 0 bridgehead atoms. The van der Waals surface area contributed by atoms with E-state index in [2.05, 4.69) is 16.4 Å². The SMILES string of the molecule is O=C1c2ccc(NCc3cnc(Cl)s3)cc2CN1C1CC1. The fourth-order valence-corrected chi connectivity index (χ4v) is 3.61. The van der Waals surface area contributed by atoms with Gasteiger partial charge >= 0.3 is 0 Å². The quantitative estimate of drug-likeness (QED) is 0.937. The van der Waals surface area contributed by atoms with E-state index in [9.17, 15) is 4.79 Å². The number of nitrogens with one attached hydrogen (secondary N) is 1. The zero-order valence-electron chi connectivity index (χ0n) is 11.3. The van der Waals surface area contributed by atoms with Crippen LogP contribution in [0.1, 0.15) is 33.6 Å². The minimum atomic E-state index is 0.188. The van der Waals surface area contributed by atoms with Gasteiger partial charge in [0, 0.05) is 34.9 Å². The van der Waals surface area contributed by atoms with Crippen LogP contribution in [-0.2, 0) is 13.1 Å². The second-order valence-corrected chi connectivity index (χ2v) is 7.17. The maximum atomic E-state index is 12.3. The smallest absolute Gasteiger partial charge is 0.254 e. The highest BCUT2D eigenvalue weighted by atomic mass is 35.5. The van der Waals surface area contributed by atoms with Gasteiger partial charge in [0.05, 0.1) is 6.54 Å². The highest BCUT2D eigenvalue weighted by Crippen LogP contribution is 2.35. The van der Waals surface area contributed by atoms with Gasteiger partial charge in [-0.1, -0.05) is 11.6 Å². The molecule has 4 rings (SSSR count). The number of anilines is 1. The van der Waals surface area contributed by atoms with E-state index in [4.69, 9.17) is 11.6 Å². The van der Waals surface area contributed by atoms with E-state index in [1.807, 2.05) is 17.0 Å². The number of carbonyl (C=O) groups excluding carboxylic acids is 1. The minimum absolute atomic E-state index is 0.188. The summed E-state index contributed by atoms with van der Waals surface area (Å²) in [4.78, 5) is 19.4. The molecule has 2 heterocycles. The van der Waals surface area contributed by atoms with Crippen LogP contribution in [0.5, 0.6) is 0 Å². The predicted octanol–water partition coefficient (Wildman–Crippen LogP) is 3.53. The molecule has 0 atom stereocenters. The maximum absolute atomic E-state index is 12.3. The van der Waals surface area contributed by atoms with Crippen LogP contribution in [0, 0.1) is 0 Å². The zero-order valence-corrected chi connectivity index (χ0v) is 12.9. The summed E-state index contributed by atoms with van der Waals surface area (Å²) in [6.45, 7) is 1.45. The van der Waals surface area contributed by atoms with E-state index in [0.29, 0.717) is 17.1 Å². The van der Waals surface area contributed by atoms with Crippen molar-refractivity contribution < 1.29 is 4.79 Å². The number of halogens is 1. The molecule has 108 valence electrons. The molecule has 2 aliphatic rings. The van der Waals surface area contributed by atoms with Crippen LogP contribution in [0.15, 0.2) is 24.4 Å². The molecular formula is C15H14ClN3OS. The van der Waals surface area contributed by atoms with Gasteiger partial charge in [0.15, 0.2) is 4.47 Å². The van der Waals surface area contributed by atoms with E-state index in [1.54, 1.807) is 6.20 Å². The number of amides is 1. The summed E-state index contributed by atoms with van der Waals surface area (Å²) < 4.78 is 0.562. The first kappa shape index (κ1) is 13.1. The zero-order chi connectivity index (χ0) is 14.4. The highest BCUT2D eigenvalue weighted by molar-refractivity contribution is 7.15. The van der Waals surface area contributed by atoms with Gasteiger partial charge in [-0.2, -0.15) is 0 Å². The first-order chi connectivity index (χ1) is 10.2. The van der Waals surface area contributed by atoms with E-state index in [1.165, 1.54) is 11.3 Å². The molecule has 0 saturated heterocycles. The standard InChI is InChI=1S/C15H14ClN3OS/c16-15-18-7-12(21-15)6-17-10-1-4-13-9(5-10)8-19(14(13)20)11-2-3-11/h1,4-5,7,11,17H,2-3,6,8H2. The maximum Gasteiger partial charge on any atom is 0.254 e. The van der Waals surface area contributed by atoms with Crippen molar-refractivity contribution in [1.82, 2.24) is 9.88 Å². The topological polar surface area (TPSA) is 45.2 Å². The number of fused-ring (bicyclic) bond motifs is 1. The number of nitrogens with zero attached hydrogens (tertiary/aromatic N) is 2. The van der Waals surface area contributed by atoms with Gasteiger partial charge in [0.25, 0.3) is 5.91 Å². The second-order valence-electron chi connectivity index (χ2n) is 5.47. The lowest BCUT2D eigenvalue weighted by Gasteiger charge is -2.13. The third kappa shape index (κ3) is 2.51. The first-order valence-electron chi connectivity index (χ1n) is 6.99. The van der Waals surface area contributed by atoms with Gasteiger partial charge in [-0.25, -0.2) is 4.98 Å². The molecule has 1 aliphatic heterocycles. The van der Waals surface area contributed by atoms with Crippen LogP contribution < -0.4 is 5.32 Å². The number of benzene rings is 1. The first-order valence-corrected chi connectivity index (χ1v) is 8.18. The molecule has 2 aromatic rings. The van der Waals surface area contributed by atoms with Crippen molar-refractivity contribution in [3.8, 4) is 0 Å². The number of rotatable bonds is 4. The summed E-state index contributed by atoms with van der Waals surface area (Å²) in [5, 5.41) is 3.36. The fourth-order valence-electron chi connectivity index (χ4n) is 2.69. The monoisotopic (exact) mass is 319 g/mol. The molecular weight excluding hydrogens is 306 g/mol. The molecule has 0 spiro atoms. The van der Waals surface area contributed by atoms with Crippen molar-refractivity contribution >= 4 is 34.5 Å². The Kier molecular flexibility index (Phi) is 3.12. The molecule has 1 aromatic heterocycles. The van der Waals surface area contributed by atoms with Crippen molar-refractivity contribution in [3.63, 3.8) is 0 Å². The van der Waals surface area contributed by atoms with Gasteiger partial charge in [-0.3, -0.25) is 4.79 Å². The Bertz CT molecular complexity index is 711. The number of aromatic nitrogens is 1. The molecule has 0 unspecified atom stereocenters. The largest absolute Gasteiger partial charge is 0.380 e. The summed E-state index contributed by atoms with van der Waals surface area (Å²) in [5.41, 5.74) is 3.01. The summed E-state index contributed by atoms with van der Waals surface area (Å²) in [5.74, 6) is 0.188. The second kappa shape index (κ2) is 5.00. The van der Waals surface area contributed by atoms with Crippen molar-refractivity contribution in [1.29, 1.82) is 0 Å². The number of hydrogen-bond acceptors (Lipinski definition) is 4. The van der Waals surface area contributed by atoms with Gasteiger partial charge < -0.3 is 10.2 Å². The Morgan fingerprint density at radius 3 is 3.00 bits per heavy atom. The molecule has 1 aliphatic carbocycles. The van der Waals surface area contributed by atoms with Crippen molar-refractivity contribution in [2.45, 2.75) is 32.0 Å². The number of thiazole rings is 1. The van der Waals surface area contributed by atoms with Crippen molar-refractivity contribution in [3.05, 3.63) is 44.9 Å². The molecule has 6 heteroatoms. The van der Waals surface area contributed by atoms with Gasteiger partial charge in [-0.15, -0.1) is 11.3 Å². The molecule has 4 nitrogen and oxygen atoms in total. The van der Waals surface area contributed by atoms with Crippen LogP contribution in [0.4, 0.5) is 5.69 Å². The summed E-state index contributed by atoms with van der Waals surface area (Å²) >= 11 is 7.30. The van der Waals surface area contributed by atoms with Gasteiger partial charge in [-0.05, 0) is 36.6 Å². The van der Waals surface area contributed by atoms with Gasteiger partial charge in [0.1, 0.15) is 0 Å². The Morgan fingerprint density at radius 2 is 2.29 bits per heavy atom. The lowest BCUT2D eigenvalue weighted by molar-refractivity contribution is 0.0766. The predicted molar refractivity (Wildman–Crippen MR) is 83.8 cm³/mol. The lowest BCUT2D eigenvalue weighted by Crippen LogP contribution is -2.25. The normalized spacial score (nSPS) is 17.2. The van der Waals surface area contributed by atoms with Crippen LogP contribution >= 0.6 is 22.9 Å². The summed E-state index contributed by atoms with van der Waals surface area (Å²) in [7, 11) is 0. The molecule has 1 aromatic carbocycles.